The molecule has 0 radical (unpaired) electrons. The topological polar surface area (TPSA) is 138 Å². The Bertz CT molecular complexity index is 1210. The number of rotatable bonds is 5. The number of carbonyl (C=O) groups excluding carboxylic acids is 3. The van der Waals surface area contributed by atoms with E-state index in [2.05, 4.69) is 10.3 Å². The number of likely N-dealkylation sites (tertiary alicyclic amines) is 1. The quantitative estimate of drug-likeness (QED) is 0.584. The highest BCUT2D eigenvalue weighted by atomic mass is 16.5. The van der Waals surface area contributed by atoms with E-state index in [9.17, 15) is 19.5 Å². The van der Waals surface area contributed by atoms with Gasteiger partial charge in [-0.15, -0.1) is 0 Å². The number of amides is 3. The third-order valence-corrected chi connectivity index (χ3v) is 6.54. The second kappa shape index (κ2) is 9.47. The fraction of sp³-hybridized carbons (Fsp3) is 0.360. The highest BCUT2D eigenvalue weighted by Crippen LogP contribution is 2.25. The maximum Gasteiger partial charge on any atom is 0.259 e. The first-order chi connectivity index (χ1) is 16.9. The van der Waals surface area contributed by atoms with Crippen molar-refractivity contribution in [2.45, 2.75) is 31.6 Å². The Labute approximate surface area is 202 Å². The smallest absolute Gasteiger partial charge is 0.259 e. The number of nitrogens with zero attached hydrogens (tertiary/aromatic N) is 3. The molecule has 2 atom stereocenters. The number of benzene rings is 2. The van der Waals surface area contributed by atoms with E-state index >= 15 is 0 Å². The molecule has 2 saturated heterocycles. The minimum Gasteiger partial charge on any atom is -0.383 e. The van der Waals surface area contributed by atoms with Crippen molar-refractivity contribution in [3.05, 3.63) is 59.2 Å². The van der Waals surface area contributed by atoms with E-state index in [1.54, 1.807) is 47.4 Å². The lowest BCUT2D eigenvalue weighted by Crippen LogP contribution is -2.55. The Balaban J connectivity index is 1.28. The molecule has 10 heteroatoms. The molecule has 182 valence electrons. The number of fused-ring (bicyclic) bond motifs is 1. The Hall–Kier alpha value is -3.76. The molecule has 10 nitrogen and oxygen atoms in total. The van der Waals surface area contributed by atoms with Crippen molar-refractivity contribution in [2.24, 2.45) is 10.7 Å². The van der Waals surface area contributed by atoms with Crippen LogP contribution in [0.1, 0.15) is 34.3 Å². The zero-order valence-corrected chi connectivity index (χ0v) is 19.1. The molecule has 3 heterocycles. The maximum atomic E-state index is 13.2. The van der Waals surface area contributed by atoms with E-state index in [1.807, 2.05) is 0 Å². The number of aliphatic imine (C=N–C) groups is 1. The van der Waals surface area contributed by atoms with Crippen molar-refractivity contribution < 1.29 is 24.2 Å². The largest absolute Gasteiger partial charge is 0.383 e. The van der Waals surface area contributed by atoms with Crippen LogP contribution in [-0.4, -0.2) is 72.0 Å². The van der Waals surface area contributed by atoms with Crippen LogP contribution in [0.25, 0.3) is 0 Å². The molecule has 4 N–H and O–H groups in total. The highest BCUT2D eigenvalue weighted by molar-refractivity contribution is 6.05. The van der Waals surface area contributed by atoms with Gasteiger partial charge in [-0.05, 0) is 54.8 Å². The van der Waals surface area contributed by atoms with Crippen molar-refractivity contribution in [3.8, 4) is 0 Å². The summed E-state index contributed by atoms with van der Waals surface area (Å²) in [5.74, 6) is -0.914. The van der Waals surface area contributed by atoms with Crippen molar-refractivity contribution in [3.63, 3.8) is 0 Å². The Morgan fingerprint density at radius 1 is 1.14 bits per heavy atom. The highest BCUT2D eigenvalue weighted by Gasteiger charge is 2.39. The van der Waals surface area contributed by atoms with Gasteiger partial charge in [-0.25, -0.2) is 0 Å². The predicted molar refractivity (Wildman–Crippen MR) is 129 cm³/mol. The minimum absolute atomic E-state index is 0.0671. The lowest BCUT2D eigenvalue weighted by atomic mass is 10.1. The van der Waals surface area contributed by atoms with Crippen molar-refractivity contribution >= 4 is 34.9 Å². The molecule has 0 aromatic heterocycles. The normalized spacial score (nSPS) is 20.4. The molecule has 3 amide bonds. The maximum absolute atomic E-state index is 13.2. The third kappa shape index (κ3) is 4.50. The first-order valence-corrected chi connectivity index (χ1v) is 11.7. The number of anilines is 2. The number of morpholine rings is 1. The molecule has 5 rings (SSSR count). The standard InChI is InChI=1S/C25H27N5O5/c26-22-19-7-6-17(12-16(19)14-27-22)28-23(32)20(31)21-25(34)30(10-11-35-21)18-5-3-4-15(13-18)24(33)29-8-1-2-9-29/h3-7,12-13,20-21,31H,1-2,8-11,14H2,(H2,26,27)(H,28,32)/t20-,21-/m1/s1. The molecular formula is C25H27N5O5. The SMILES string of the molecule is NC1=NCc2cc(NC(=O)[C@H](O)[C@H]3OCCN(c4cccc(C(=O)N5CCCC5)c4)C3=O)ccc21. The summed E-state index contributed by atoms with van der Waals surface area (Å²) in [4.78, 5) is 46.1. The van der Waals surface area contributed by atoms with Gasteiger partial charge < -0.3 is 30.7 Å². The fourth-order valence-corrected chi connectivity index (χ4v) is 4.66. The van der Waals surface area contributed by atoms with Crippen LogP contribution in [0.4, 0.5) is 11.4 Å². The zero-order chi connectivity index (χ0) is 24.5. The molecule has 0 unspecified atom stereocenters. The third-order valence-electron chi connectivity index (χ3n) is 6.54. The molecular weight excluding hydrogens is 450 g/mol. The summed E-state index contributed by atoms with van der Waals surface area (Å²) in [5, 5.41) is 13.3. The zero-order valence-electron chi connectivity index (χ0n) is 19.1. The average Bonchev–Trinajstić information content (AvgIpc) is 3.54. The second-order valence-electron chi connectivity index (χ2n) is 8.84. The molecule has 2 aromatic carbocycles. The summed E-state index contributed by atoms with van der Waals surface area (Å²) < 4.78 is 5.50. The first-order valence-electron chi connectivity index (χ1n) is 11.7. The van der Waals surface area contributed by atoms with Gasteiger partial charge in [0.1, 0.15) is 5.84 Å². The van der Waals surface area contributed by atoms with Gasteiger partial charge in [-0.3, -0.25) is 19.4 Å². The van der Waals surface area contributed by atoms with E-state index < -0.39 is 24.0 Å². The number of carbonyl (C=O) groups is 3. The molecule has 35 heavy (non-hydrogen) atoms. The molecule has 3 aliphatic heterocycles. The van der Waals surface area contributed by atoms with Crippen LogP contribution in [-0.2, 0) is 20.9 Å². The number of hydrogen-bond acceptors (Lipinski definition) is 7. The predicted octanol–water partition coefficient (Wildman–Crippen LogP) is 0.873. The number of ether oxygens (including phenoxy) is 1. The average molecular weight is 478 g/mol. The lowest BCUT2D eigenvalue weighted by molar-refractivity contribution is -0.150. The van der Waals surface area contributed by atoms with Gasteiger partial charge in [0.2, 0.25) is 0 Å². The van der Waals surface area contributed by atoms with Crippen LogP contribution in [0.5, 0.6) is 0 Å². The van der Waals surface area contributed by atoms with Crippen molar-refractivity contribution in [2.75, 3.05) is 36.5 Å². The molecule has 2 aromatic rings. The number of nitrogens with one attached hydrogen (secondary N) is 1. The fourth-order valence-electron chi connectivity index (χ4n) is 4.66. The summed E-state index contributed by atoms with van der Waals surface area (Å²) in [5.41, 5.74) is 8.99. The van der Waals surface area contributed by atoms with Gasteiger partial charge in [0.15, 0.2) is 12.2 Å². The van der Waals surface area contributed by atoms with E-state index in [0.717, 1.165) is 37.1 Å². The molecule has 0 aliphatic carbocycles. The summed E-state index contributed by atoms with van der Waals surface area (Å²) in [6.45, 7) is 2.27. The van der Waals surface area contributed by atoms with E-state index in [0.29, 0.717) is 29.3 Å². The number of nitrogens with two attached hydrogens (primary N) is 1. The van der Waals surface area contributed by atoms with Crippen LogP contribution in [0, 0.1) is 0 Å². The van der Waals surface area contributed by atoms with Gasteiger partial charge in [0, 0.05) is 42.1 Å². The summed E-state index contributed by atoms with van der Waals surface area (Å²) in [6, 6.07) is 12.0. The Morgan fingerprint density at radius 2 is 1.94 bits per heavy atom. The van der Waals surface area contributed by atoms with Crippen molar-refractivity contribution in [1.29, 1.82) is 0 Å². The van der Waals surface area contributed by atoms with Crippen LogP contribution < -0.4 is 16.0 Å². The molecule has 0 bridgehead atoms. The number of amidine groups is 1. The van der Waals surface area contributed by atoms with Crippen LogP contribution in [0.2, 0.25) is 0 Å². The monoisotopic (exact) mass is 477 g/mol. The summed E-state index contributed by atoms with van der Waals surface area (Å²) >= 11 is 0. The van der Waals surface area contributed by atoms with Gasteiger partial charge in [0.25, 0.3) is 17.7 Å². The molecule has 0 saturated carbocycles. The van der Waals surface area contributed by atoms with Gasteiger partial charge >= 0.3 is 0 Å². The van der Waals surface area contributed by atoms with Crippen LogP contribution in [0.15, 0.2) is 47.5 Å². The first kappa shape index (κ1) is 23.0. The van der Waals surface area contributed by atoms with Crippen LogP contribution >= 0.6 is 0 Å². The van der Waals surface area contributed by atoms with E-state index in [1.165, 1.54) is 4.90 Å². The summed E-state index contributed by atoms with van der Waals surface area (Å²) in [6.07, 6.45) is -1.10. The van der Waals surface area contributed by atoms with Gasteiger partial charge in [-0.2, -0.15) is 0 Å². The molecule has 2 fully saturated rings. The van der Waals surface area contributed by atoms with E-state index in [-0.39, 0.29) is 19.1 Å². The Morgan fingerprint density at radius 3 is 2.74 bits per heavy atom. The minimum atomic E-state index is -1.71. The van der Waals surface area contributed by atoms with Gasteiger partial charge in [0.05, 0.1) is 13.2 Å². The Kier molecular flexibility index (Phi) is 6.23. The van der Waals surface area contributed by atoms with Crippen LogP contribution in [0.3, 0.4) is 0 Å². The number of aliphatic hydroxyl groups excluding tert-OH is 1. The number of aliphatic hydroxyl groups is 1. The summed E-state index contributed by atoms with van der Waals surface area (Å²) in [7, 11) is 0. The second-order valence-corrected chi connectivity index (χ2v) is 8.84. The molecule has 3 aliphatic rings. The van der Waals surface area contributed by atoms with E-state index in [4.69, 9.17) is 10.5 Å². The van der Waals surface area contributed by atoms with Gasteiger partial charge in [-0.1, -0.05) is 6.07 Å². The van der Waals surface area contributed by atoms with Crippen molar-refractivity contribution in [1.82, 2.24) is 4.90 Å². The molecule has 0 spiro atoms. The number of hydrogen-bond donors (Lipinski definition) is 3. The lowest BCUT2D eigenvalue weighted by Gasteiger charge is -2.34.